The third-order valence-corrected chi connectivity index (χ3v) is 3.54. The summed E-state index contributed by atoms with van der Waals surface area (Å²) in [7, 11) is 0. The molecule has 0 aliphatic carbocycles. The van der Waals surface area contributed by atoms with Crippen LogP contribution in [0.2, 0.25) is 0 Å². The van der Waals surface area contributed by atoms with Gasteiger partial charge in [-0.2, -0.15) is 0 Å². The second kappa shape index (κ2) is 4.37. The predicted octanol–water partition coefficient (Wildman–Crippen LogP) is 1.51. The van der Waals surface area contributed by atoms with Gasteiger partial charge in [-0.3, -0.25) is 0 Å². The molecule has 2 fully saturated rings. The maximum absolute atomic E-state index is 12.1. The van der Waals surface area contributed by atoms with Crippen molar-refractivity contribution in [1.29, 1.82) is 0 Å². The number of para-hydroxylation sites is 1. The fraction of sp³-hybridized carbons (Fsp3) is 0.462. The van der Waals surface area contributed by atoms with Crippen LogP contribution in [-0.4, -0.2) is 36.6 Å². The first-order valence-corrected chi connectivity index (χ1v) is 6.15. The van der Waals surface area contributed by atoms with Gasteiger partial charge in [0.1, 0.15) is 0 Å². The molecule has 2 aliphatic heterocycles. The number of nitrogens with one attached hydrogen (secondary N) is 2. The lowest BCUT2D eigenvalue weighted by atomic mass is 10.0. The number of anilines is 1. The van der Waals surface area contributed by atoms with E-state index in [-0.39, 0.29) is 6.03 Å². The Balaban J connectivity index is 1.63. The Morgan fingerprint density at radius 3 is 2.88 bits per heavy atom. The number of likely N-dealkylation sites (tertiary alicyclic amines) is 1. The molecule has 2 N–H and O–H groups in total. The minimum Gasteiger partial charge on any atom is -0.323 e. The van der Waals surface area contributed by atoms with Crippen LogP contribution in [0.1, 0.15) is 6.42 Å². The standard InChI is InChI=1S/C13H17N3O/c17-13(15-11-4-2-1-3-5-11)16-8-10-6-12(9-16)14-7-10/h1-5,10,12,14H,6-9H2,(H,15,17)/t10-,12+/m1/s1. The number of hydrogen-bond donors (Lipinski definition) is 2. The highest BCUT2D eigenvalue weighted by molar-refractivity contribution is 5.89. The molecule has 90 valence electrons. The molecule has 2 saturated heterocycles. The lowest BCUT2D eigenvalue weighted by Crippen LogP contribution is -2.46. The zero-order valence-electron chi connectivity index (χ0n) is 9.73. The lowest BCUT2D eigenvalue weighted by molar-refractivity contribution is 0.186. The molecule has 2 aliphatic rings. The van der Waals surface area contributed by atoms with Crippen molar-refractivity contribution in [3.8, 4) is 0 Å². The first kappa shape index (κ1) is 10.6. The molecule has 2 heterocycles. The van der Waals surface area contributed by atoms with Gasteiger partial charge in [0, 0.05) is 31.4 Å². The molecular weight excluding hydrogens is 214 g/mol. The highest BCUT2D eigenvalue weighted by Gasteiger charge is 2.34. The lowest BCUT2D eigenvalue weighted by Gasteiger charge is -2.31. The summed E-state index contributed by atoms with van der Waals surface area (Å²) in [6, 6.07) is 10.1. The van der Waals surface area contributed by atoms with Gasteiger partial charge in [-0.1, -0.05) is 18.2 Å². The number of nitrogens with zero attached hydrogens (tertiary/aromatic N) is 1. The van der Waals surface area contributed by atoms with Gasteiger partial charge < -0.3 is 15.5 Å². The van der Waals surface area contributed by atoms with Gasteiger partial charge in [-0.25, -0.2) is 4.79 Å². The van der Waals surface area contributed by atoms with E-state index in [4.69, 9.17) is 0 Å². The number of urea groups is 1. The van der Waals surface area contributed by atoms with E-state index in [0.29, 0.717) is 12.0 Å². The third kappa shape index (κ3) is 2.26. The number of carbonyl (C=O) groups is 1. The molecular formula is C13H17N3O. The Morgan fingerprint density at radius 2 is 2.12 bits per heavy atom. The molecule has 2 amide bonds. The van der Waals surface area contributed by atoms with Crippen molar-refractivity contribution in [3.63, 3.8) is 0 Å². The summed E-state index contributed by atoms with van der Waals surface area (Å²) in [6.07, 6.45) is 1.22. The van der Waals surface area contributed by atoms with E-state index >= 15 is 0 Å². The van der Waals surface area contributed by atoms with Crippen LogP contribution < -0.4 is 10.6 Å². The number of benzene rings is 1. The van der Waals surface area contributed by atoms with Crippen molar-refractivity contribution in [3.05, 3.63) is 30.3 Å². The van der Waals surface area contributed by atoms with Crippen LogP contribution in [0, 0.1) is 5.92 Å². The van der Waals surface area contributed by atoms with Gasteiger partial charge in [0.2, 0.25) is 0 Å². The highest BCUT2D eigenvalue weighted by Crippen LogP contribution is 2.22. The van der Waals surface area contributed by atoms with Crippen molar-refractivity contribution < 1.29 is 4.79 Å². The average Bonchev–Trinajstić information content (AvgIpc) is 2.69. The van der Waals surface area contributed by atoms with E-state index in [1.54, 1.807) is 0 Å². The van der Waals surface area contributed by atoms with E-state index < -0.39 is 0 Å². The SMILES string of the molecule is O=C(Nc1ccccc1)N1C[C@H]2CN[C@@H](C2)C1. The third-order valence-electron chi connectivity index (χ3n) is 3.54. The minimum absolute atomic E-state index is 0.0228. The Morgan fingerprint density at radius 1 is 1.29 bits per heavy atom. The van der Waals surface area contributed by atoms with E-state index in [9.17, 15) is 4.79 Å². The van der Waals surface area contributed by atoms with Crippen LogP contribution in [-0.2, 0) is 0 Å². The molecule has 0 spiro atoms. The summed E-state index contributed by atoms with van der Waals surface area (Å²) in [5, 5.41) is 6.39. The number of amides is 2. The summed E-state index contributed by atoms with van der Waals surface area (Å²) >= 11 is 0. The zero-order chi connectivity index (χ0) is 11.7. The van der Waals surface area contributed by atoms with E-state index in [1.165, 1.54) is 6.42 Å². The smallest absolute Gasteiger partial charge is 0.321 e. The molecule has 1 aromatic rings. The molecule has 2 atom stereocenters. The molecule has 3 rings (SSSR count). The Kier molecular flexibility index (Phi) is 2.73. The van der Waals surface area contributed by atoms with Crippen LogP contribution in [0.4, 0.5) is 10.5 Å². The second-order valence-corrected chi connectivity index (χ2v) is 4.91. The highest BCUT2D eigenvalue weighted by atomic mass is 16.2. The zero-order valence-corrected chi connectivity index (χ0v) is 9.73. The van der Waals surface area contributed by atoms with Gasteiger partial charge in [0.15, 0.2) is 0 Å². The number of carbonyl (C=O) groups excluding carboxylic acids is 1. The largest absolute Gasteiger partial charge is 0.323 e. The van der Waals surface area contributed by atoms with Gasteiger partial charge in [0.25, 0.3) is 0 Å². The van der Waals surface area contributed by atoms with Gasteiger partial charge in [-0.15, -0.1) is 0 Å². The van der Waals surface area contributed by atoms with Crippen molar-refractivity contribution in [2.45, 2.75) is 12.5 Å². The minimum atomic E-state index is 0.0228. The molecule has 4 heteroatoms. The van der Waals surface area contributed by atoms with Crippen molar-refractivity contribution in [2.24, 2.45) is 5.92 Å². The number of fused-ring (bicyclic) bond motifs is 2. The first-order chi connectivity index (χ1) is 8.31. The van der Waals surface area contributed by atoms with E-state index in [1.807, 2.05) is 35.2 Å². The fourth-order valence-corrected chi connectivity index (χ4v) is 2.72. The van der Waals surface area contributed by atoms with Crippen molar-refractivity contribution >= 4 is 11.7 Å². The maximum Gasteiger partial charge on any atom is 0.321 e. The van der Waals surface area contributed by atoms with Gasteiger partial charge >= 0.3 is 6.03 Å². The summed E-state index contributed by atoms with van der Waals surface area (Å²) in [6.45, 7) is 2.76. The monoisotopic (exact) mass is 231 g/mol. The number of rotatable bonds is 1. The first-order valence-electron chi connectivity index (χ1n) is 6.15. The molecule has 0 unspecified atom stereocenters. The van der Waals surface area contributed by atoms with Crippen molar-refractivity contribution in [1.82, 2.24) is 10.2 Å². The Hall–Kier alpha value is -1.55. The summed E-state index contributed by atoms with van der Waals surface area (Å²) in [5.74, 6) is 0.635. The molecule has 0 radical (unpaired) electrons. The van der Waals surface area contributed by atoms with Crippen LogP contribution in [0.15, 0.2) is 30.3 Å². The molecule has 17 heavy (non-hydrogen) atoms. The van der Waals surface area contributed by atoms with Crippen LogP contribution in [0.5, 0.6) is 0 Å². The number of piperidine rings is 1. The predicted molar refractivity (Wildman–Crippen MR) is 66.9 cm³/mol. The summed E-state index contributed by atoms with van der Waals surface area (Å²) in [4.78, 5) is 14.0. The van der Waals surface area contributed by atoms with Crippen LogP contribution in [0.25, 0.3) is 0 Å². The molecule has 2 bridgehead atoms. The van der Waals surface area contributed by atoms with E-state index in [2.05, 4.69) is 10.6 Å². The molecule has 4 nitrogen and oxygen atoms in total. The van der Waals surface area contributed by atoms with E-state index in [0.717, 1.165) is 25.3 Å². The topological polar surface area (TPSA) is 44.4 Å². The normalized spacial score (nSPS) is 26.9. The molecule has 0 aromatic heterocycles. The maximum atomic E-state index is 12.1. The van der Waals surface area contributed by atoms with Crippen LogP contribution >= 0.6 is 0 Å². The summed E-state index contributed by atoms with van der Waals surface area (Å²) < 4.78 is 0. The quantitative estimate of drug-likeness (QED) is 0.769. The second-order valence-electron chi connectivity index (χ2n) is 4.91. The summed E-state index contributed by atoms with van der Waals surface area (Å²) in [5.41, 5.74) is 0.864. The number of hydrogen-bond acceptors (Lipinski definition) is 2. The Labute approximate surface area is 101 Å². The molecule has 0 saturated carbocycles. The van der Waals surface area contributed by atoms with Gasteiger partial charge in [0.05, 0.1) is 0 Å². The molecule has 1 aromatic carbocycles. The average molecular weight is 231 g/mol. The fourth-order valence-electron chi connectivity index (χ4n) is 2.72. The van der Waals surface area contributed by atoms with Gasteiger partial charge in [-0.05, 0) is 24.5 Å². The van der Waals surface area contributed by atoms with Crippen LogP contribution in [0.3, 0.4) is 0 Å². The Bertz CT molecular complexity index is 394. The van der Waals surface area contributed by atoms with Crippen molar-refractivity contribution in [2.75, 3.05) is 25.0 Å².